The third-order valence-corrected chi connectivity index (χ3v) is 11.1. The molecule has 2 aromatic rings. The van der Waals surface area contributed by atoms with Crippen LogP contribution in [0.25, 0.3) is 0 Å². The quantitative estimate of drug-likeness (QED) is 0.0839. The molecule has 2 aliphatic heterocycles. The van der Waals surface area contributed by atoms with Gasteiger partial charge in [-0.3, -0.25) is 10.2 Å². The van der Waals surface area contributed by atoms with Crippen LogP contribution in [0.1, 0.15) is 83.7 Å². The summed E-state index contributed by atoms with van der Waals surface area (Å²) >= 11 is 4.23. The molecule has 264 valence electrons. The van der Waals surface area contributed by atoms with Gasteiger partial charge in [0.2, 0.25) is 0 Å². The first-order chi connectivity index (χ1) is 22.7. The average molecular weight is 716 g/mol. The normalized spacial score (nSPS) is 21.9. The van der Waals surface area contributed by atoms with Gasteiger partial charge in [0.05, 0.1) is 25.8 Å². The fourth-order valence-electron chi connectivity index (χ4n) is 6.12. The number of likely N-dealkylation sites (N-methyl/N-ethyl adjacent to an activating group) is 1. The molecule has 47 heavy (non-hydrogen) atoms. The number of aliphatic hydroxyl groups excluding tert-OH is 2. The molecule has 5 atom stereocenters. The second-order valence-corrected chi connectivity index (χ2v) is 15.6. The summed E-state index contributed by atoms with van der Waals surface area (Å²) in [7, 11) is 1.74. The van der Waals surface area contributed by atoms with E-state index in [1.165, 1.54) is 22.7 Å². The molecule has 0 radical (unpaired) electrons. The number of ether oxygens (including phenoxy) is 1. The second-order valence-electron chi connectivity index (χ2n) is 12.1. The third-order valence-electron chi connectivity index (χ3n) is 8.17. The Bertz CT molecular complexity index is 1280. The number of rotatable bonds is 21. The Morgan fingerprint density at radius 1 is 1.13 bits per heavy atom. The zero-order valence-electron chi connectivity index (χ0n) is 28.1. The number of urea groups is 2. The molecular formula is C29H51N10O5S3+. The van der Waals surface area contributed by atoms with E-state index >= 15 is 0 Å². The van der Waals surface area contributed by atoms with E-state index in [0.29, 0.717) is 67.4 Å². The Kier molecular flexibility index (Phi) is 14.4. The van der Waals surface area contributed by atoms with E-state index in [1.807, 2.05) is 5.12 Å². The standard InChI is InChI=1S/C29H50N10O5S3/c1-6-8-9-10-16-44-27-34-33-26(47-27)39(23(30-12-11-15-40)19-36(5)29(39)43)38(37-14-13-31-25(37)42)22(18-20(3)17-21(4)41)24-32-35-28(46-24)45-7-2/h20-23,30,40-41H,6-19H2,1-5H3/p+1. The van der Waals surface area contributed by atoms with Crippen LogP contribution in [0.4, 0.5) is 14.7 Å². The summed E-state index contributed by atoms with van der Waals surface area (Å²) in [5.41, 5.74) is 0. The number of thioether (sulfide) groups is 1. The highest BCUT2D eigenvalue weighted by Crippen LogP contribution is 2.46. The van der Waals surface area contributed by atoms with Gasteiger partial charge < -0.3 is 20.3 Å². The minimum absolute atomic E-state index is 0.00735. The van der Waals surface area contributed by atoms with Crippen molar-refractivity contribution in [2.75, 3.05) is 52.2 Å². The lowest BCUT2D eigenvalue weighted by Crippen LogP contribution is -2.75. The van der Waals surface area contributed by atoms with E-state index < -0.39 is 22.9 Å². The van der Waals surface area contributed by atoms with Crippen LogP contribution in [-0.2, 0) is 0 Å². The van der Waals surface area contributed by atoms with Crippen LogP contribution < -0.4 is 20.0 Å². The van der Waals surface area contributed by atoms with Crippen molar-refractivity contribution in [3.63, 3.8) is 0 Å². The topological polar surface area (TPSA) is 169 Å². The first-order valence-electron chi connectivity index (χ1n) is 16.6. The van der Waals surface area contributed by atoms with Gasteiger partial charge in [-0.05, 0) is 49.4 Å². The average Bonchev–Trinajstić information content (AvgIpc) is 3.83. The van der Waals surface area contributed by atoms with Crippen LogP contribution in [0.3, 0.4) is 0 Å². The molecule has 15 nitrogen and oxygen atoms in total. The Labute approximate surface area is 289 Å². The smallest absolute Gasteiger partial charge is 0.449 e. The lowest BCUT2D eigenvalue weighted by molar-refractivity contribution is -0.163. The molecule has 0 spiro atoms. The van der Waals surface area contributed by atoms with E-state index in [2.05, 4.69) is 51.8 Å². The molecule has 4 heterocycles. The van der Waals surface area contributed by atoms with Crippen LogP contribution in [-0.4, -0.2) is 122 Å². The Hall–Kier alpha value is -2.19. The Morgan fingerprint density at radius 3 is 2.62 bits per heavy atom. The Balaban J connectivity index is 1.90. The number of aliphatic hydroxyl groups is 2. The summed E-state index contributed by atoms with van der Waals surface area (Å²) in [4.78, 5) is 30.2. The number of nitrogens with one attached hydrogen (secondary N) is 2. The molecule has 5 unspecified atom stereocenters. The van der Waals surface area contributed by atoms with Gasteiger partial charge >= 0.3 is 17.2 Å². The lowest BCUT2D eigenvalue weighted by atomic mass is 9.96. The molecule has 0 bridgehead atoms. The van der Waals surface area contributed by atoms with Gasteiger partial charge in [0, 0.05) is 38.1 Å². The fourth-order valence-corrected chi connectivity index (χ4v) is 8.87. The minimum atomic E-state index is -0.601. The number of quaternary nitrogens is 1. The third kappa shape index (κ3) is 8.89. The largest absolute Gasteiger partial charge is 0.469 e. The minimum Gasteiger partial charge on any atom is -0.469 e. The van der Waals surface area contributed by atoms with Gasteiger partial charge in [-0.25, -0.2) is 14.6 Å². The first-order valence-corrected chi connectivity index (χ1v) is 19.2. The molecule has 0 aromatic carbocycles. The van der Waals surface area contributed by atoms with Crippen molar-refractivity contribution in [1.29, 1.82) is 0 Å². The van der Waals surface area contributed by atoms with Gasteiger partial charge in [0.15, 0.2) is 10.5 Å². The van der Waals surface area contributed by atoms with E-state index in [1.54, 1.807) is 35.6 Å². The molecule has 2 saturated heterocycles. The summed E-state index contributed by atoms with van der Waals surface area (Å²) in [6.07, 6.45) is 4.51. The van der Waals surface area contributed by atoms with Crippen molar-refractivity contribution < 1.29 is 24.5 Å². The molecule has 0 saturated carbocycles. The molecule has 4 amide bonds. The van der Waals surface area contributed by atoms with Crippen molar-refractivity contribution in [2.24, 2.45) is 5.92 Å². The Morgan fingerprint density at radius 2 is 1.94 bits per heavy atom. The van der Waals surface area contributed by atoms with Crippen molar-refractivity contribution in [3.8, 4) is 5.19 Å². The molecule has 4 rings (SSSR count). The lowest BCUT2D eigenvalue weighted by Gasteiger charge is -2.46. The van der Waals surface area contributed by atoms with Crippen LogP contribution in [0.5, 0.6) is 5.19 Å². The number of unbranched alkanes of at least 4 members (excludes halogenated alkanes) is 3. The monoisotopic (exact) mass is 715 g/mol. The zero-order valence-corrected chi connectivity index (χ0v) is 30.6. The van der Waals surface area contributed by atoms with Crippen LogP contribution in [0.15, 0.2) is 4.34 Å². The van der Waals surface area contributed by atoms with E-state index in [0.717, 1.165) is 35.8 Å². The first kappa shape index (κ1) is 37.6. The number of hydrogen-bond donors (Lipinski definition) is 4. The summed E-state index contributed by atoms with van der Waals surface area (Å²) in [5.74, 6) is 0.814. The molecule has 0 aliphatic carbocycles. The highest BCUT2D eigenvalue weighted by atomic mass is 32.2. The highest BCUT2D eigenvalue weighted by Gasteiger charge is 2.66. The molecule has 4 N–H and O–H groups in total. The number of nitrogens with zero attached hydrogens (tertiary/aromatic N) is 8. The summed E-state index contributed by atoms with van der Waals surface area (Å²) in [5, 5.41) is 49.3. The fraction of sp³-hybridized carbons (Fsp3) is 0.793. The highest BCUT2D eigenvalue weighted by molar-refractivity contribution is 8.00. The number of carbonyl (C=O) groups excluding carboxylic acids is 2. The van der Waals surface area contributed by atoms with Crippen molar-refractivity contribution in [1.82, 2.24) is 50.6 Å². The van der Waals surface area contributed by atoms with Gasteiger partial charge in [0.25, 0.3) is 5.19 Å². The maximum absolute atomic E-state index is 14.9. The molecule has 2 fully saturated rings. The number of hydrazine groups is 1. The second kappa shape index (κ2) is 18.0. The van der Waals surface area contributed by atoms with Crippen molar-refractivity contribution in [3.05, 3.63) is 5.01 Å². The van der Waals surface area contributed by atoms with Crippen LogP contribution >= 0.6 is 34.4 Å². The maximum Gasteiger partial charge on any atom is 0.449 e. The summed E-state index contributed by atoms with van der Waals surface area (Å²) in [6, 6.07) is -1.23. The predicted molar refractivity (Wildman–Crippen MR) is 184 cm³/mol. The van der Waals surface area contributed by atoms with Gasteiger partial charge in [-0.2, -0.15) is 0 Å². The number of aromatic nitrogens is 4. The van der Waals surface area contributed by atoms with E-state index in [-0.39, 0.29) is 24.6 Å². The van der Waals surface area contributed by atoms with E-state index in [9.17, 15) is 19.8 Å². The number of hydrogen-bond acceptors (Lipinski definition) is 14. The van der Waals surface area contributed by atoms with Crippen LogP contribution in [0, 0.1) is 5.92 Å². The number of amides is 4. The van der Waals surface area contributed by atoms with Crippen molar-refractivity contribution in [2.45, 2.75) is 95.3 Å². The zero-order chi connectivity index (χ0) is 34.0. The molecule has 2 aromatic heterocycles. The van der Waals surface area contributed by atoms with Crippen molar-refractivity contribution >= 4 is 51.6 Å². The molecule has 2 aliphatic rings. The molecular weight excluding hydrogens is 665 g/mol. The van der Waals surface area contributed by atoms with Gasteiger partial charge in [-0.15, -0.1) is 10.2 Å². The SMILES string of the molecule is CCCCCCOc1nnc([N+]2(N(C(CC(C)CC(C)O)c3nnc(SCC)s3)N3CCNC3=O)C(=O)N(C)CC2NCCCO)s1. The maximum atomic E-state index is 14.9. The van der Waals surface area contributed by atoms with Gasteiger partial charge in [0.1, 0.15) is 11.0 Å². The molecule has 18 heteroatoms. The number of carbonyl (C=O) groups is 2. The van der Waals surface area contributed by atoms with Crippen LogP contribution in [0.2, 0.25) is 0 Å². The summed E-state index contributed by atoms with van der Waals surface area (Å²) < 4.78 is 6.34. The van der Waals surface area contributed by atoms with Gasteiger partial charge in [-0.1, -0.05) is 77.9 Å². The predicted octanol–water partition coefficient (Wildman–Crippen LogP) is 3.83. The summed E-state index contributed by atoms with van der Waals surface area (Å²) in [6.45, 7) is 9.95. The van der Waals surface area contributed by atoms with E-state index in [4.69, 9.17) is 4.74 Å².